The summed E-state index contributed by atoms with van der Waals surface area (Å²) in [6.07, 6.45) is 0. The first kappa shape index (κ1) is 15.1. The van der Waals surface area contributed by atoms with Crippen LogP contribution in [0.3, 0.4) is 0 Å². The Morgan fingerprint density at radius 3 is 2.50 bits per heavy atom. The molecule has 0 aliphatic carbocycles. The minimum atomic E-state index is -3.65. The molecule has 0 amide bonds. The van der Waals surface area contributed by atoms with Crippen LogP contribution in [0.15, 0.2) is 53.4 Å². The molecule has 7 heteroatoms. The Morgan fingerprint density at radius 2 is 1.77 bits per heavy atom. The Labute approximate surface area is 133 Å². The molecule has 2 aromatic carbocycles. The van der Waals surface area contributed by atoms with Gasteiger partial charge in [-0.2, -0.15) is 13.1 Å². The molecule has 1 aromatic heterocycles. The van der Waals surface area contributed by atoms with Crippen LogP contribution in [0.5, 0.6) is 0 Å². The fraction of sp³-hybridized carbons (Fsp3) is 0.200. The molecule has 0 saturated heterocycles. The molecule has 0 unspecified atom stereocenters. The molecule has 0 fully saturated rings. The van der Waals surface area contributed by atoms with Gasteiger partial charge in [-0.15, -0.1) is 0 Å². The summed E-state index contributed by atoms with van der Waals surface area (Å²) in [4.78, 5) is 0.198. The maximum atomic E-state index is 12.9. The SMILES string of the molecule is C[C@H](c1ccccc1)N(C)S(=O)(=O)c1cccc2nsnc12. The van der Waals surface area contributed by atoms with Crippen LogP contribution in [0.2, 0.25) is 0 Å². The third kappa shape index (κ3) is 2.51. The first-order chi connectivity index (χ1) is 10.5. The first-order valence-electron chi connectivity index (χ1n) is 6.76. The average Bonchev–Trinajstić information content (AvgIpc) is 3.02. The van der Waals surface area contributed by atoms with Gasteiger partial charge in [0.1, 0.15) is 15.9 Å². The average molecular weight is 333 g/mol. The Balaban J connectivity index is 2.04. The van der Waals surface area contributed by atoms with Crippen molar-refractivity contribution in [3.63, 3.8) is 0 Å². The molecule has 1 heterocycles. The van der Waals surface area contributed by atoms with Gasteiger partial charge >= 0.3 is 0 Å². The van der Waals surface area contributed by atoms with Gasteiger partial charge in [-0.1, -0.05) is 36.4 Å². The molecule has 0 aliphatic heterocycles. The second-order valence-corrected chi connectivity index (χ2v) is 7.49. The molecule has 5 nitrogen and oxygen atoms in total. The van der Waals surface area contributed by atoms with Gasteiger partial charge in [0, 0.05) is 13.1 Å². The molecule has 0 aliphatic rings. The van der Waals surface area contributed by atoms with E-state index >= 15 is 0 Å². The quantitative estimate of drug-likeness (QED) is 0.736. The van der Waals surface area contributed by atoms with E-state index in [9.17, 15) is 8.42 Å². The predicted octanol–water partition coefficient (Wildman–Crippen LogP) is 3.07. The van der Waals surface area contributed by atoms with Crippen LogP contribution in [0, 0.1) is 0 Å². The standard InChI is InChI=1S/C15H15N3O2S2/c1-11(12-7-4-3-5-8-12)18(2)22(19,20)14-10-6-9-13-15(14)17-21-16-13/h3-11H,1-2H3/t11-/m1/s1. The van der Waals surface area contributed by atoms with Crippen molar-refractivity contribution in [2.24, 2.45) is 0 Å². The summed E-state index contributed by atoms with van der Waals surface area (Å²) in [5.74, 6) is 0. The van der Waals surface area contributed by atoms with E-state index in [-0.39, 0.29) is 10.9 Å². The Bertz CT molecular complexity index is 891. The number of hydrogen-bond acceptors (Lipinski definition) is 5. The number of benzene rings is 2. The Morgan fingerprint density at radius 1 is 1.05 bits per heavy atom. The zero-order valence-corrected chi connectivity index (χ0v) is 13.8. The summed E-state index contributed by atoms with van der Waals surface area (Å²) in [6, 6.07) is 14.3. The number of aromatic nitrogens is 2. The molecule has 3 rings (SSSR count). The van der Waals surface area contributed by atoms with Crippen molar-refractivity contribution in [2.75, 3.05) is 7.05 Å². The molecular formula is C15H15N3O2S2. The molecule has 3 aromatic rings. The second kappa shape index (κ2) is 5.75. The van der Waals surface area contributed by atoms with Crippen LogP contribution in [0.25, 0.3) is 11.0 Å². The maximum absolute atomic E-state index is 12.9. The monoisotopic (exact) mass is 333 g/mol. The fourth-order valence-electron chi connectivity index (χ4n) is 2.29. The molecule has 1 atom stereocenters. The predicted molar refractivity (Wildman–Crippen MR) is 87.2 cm³/mol. The molecular weight excluding hydrogens is 318 g/mol. The first-order valence-corrected chi connectivity index (χ1v) is 8.93. The number of rotatable bonds is 4. The highest BCUT2D eigenvalue weighted by molar-refractivity contribution is 7.89. The number of fused-ring (bicyclic) bond motifs is 1. The lowest BCUT2D eigenvalue weighted by Gasteiger charge is -2.24. The normalized spacial score (nSPS) is 13.6. The zero-order valence-electron chi connectivity index (χ0n) is 12.2. The van der Waals surface area contributed by atoms with E-state index in [2.05, 4.69) is 8.75 Å². The van der Waals surface area contributed by atoms with E-state index in [1.165, 1.54) is 4.31 Å². The second-order valence-electron chi connectivity index (χ2n) is 5.00. The molecule has 0 bridgehead atoms. The van der Waals surface area contributed by atoms with Crippen LogP contribution >= 0.6 is 11.7 Å². The summed E-state index contributed by atoms with van der Waals surface area (Å²) in [6.45, 7) is 1.87. The molecule has 0 spiro atoms. The number of sulfonamides is 1. The largest absolute Gasteiger partial charge is 0.245 e. The van der Waals surface area contributed by atoms with Gasteiger partial charge in [-0.05, 0) is 24.6 Å². The van der Waals surface area contributed by atoms with Crippen molar-refractivity contribution >= 4 is 32.8 Å². The summed E-state index contributed by atoms with van der Waals surface area (Å²) in [5.41, 5.74) is 1.98. The highest BCUT2D eigenvalue weighted by atomic mass is 32.2. The Kier molecular flexibility index (Phi) is 3.94. The lowest BCUT2D eigenvalue weighted by Crippen LogP contribution is -2.30. The van der Waals surface area contributed by atoms with E-state index in [0.717, 1.165) is 17.3 Å². The maximum Gasteiger partial charge on any atom is 0.245 e. The minimum Gasteiger partial charge on any atom is -0.207 e. The highest BCUT2D eigenvalue weighted by Crippen LogP contribution is 2.29. The smallest absolute Gasteiger partial charge is 0.207 e. The van der Waals surface area contributed by atoms with Gasteiger partial charge in [0.15, 0.2) is 0 Å². The molecule has 114 valence electrons. The van der Waals surface area contributed by atoms with Crippen LogP contribution in [-0.4, -0.2) is 28.5 Å². The zero-order chi connectivity index (χ0) is 15.7. The van der Waals surface area contributed by atoms with Crippen LogP contribution < -0.4 is 0 Å². The Hall–Kier alpha value is -1.83. The van der Waals surface area contributed by atoms with Crippen molar-refractivity contribution < 1.29 is 8.42 Å². The van der Waals surface area contributed by atoms with Gasteiger partial charge in [0.2, 0.25) is 10.0 Å². The van der Waals surface area contributed by atoms with Crippen molar-refractivity contribution in [2.45, 2.75) is 17.9 Å². The highest BCUT2D eigenvalue weighted by Gasteiger charge is 2.28. The summed E-state index contributed by atoms with van der Waals surface area (Å²) < 4.78 is 35.4. The van der Waals surface area contributed by atoms with E-state index in [1.54, 1.807) is 25.2 Å². The van der Waals surface area contributed by atoms with E-state index in [1.807, 2.05) is 37.3 Å². The lowest BCUT2D eigenvalue weighted by molar-refractivity contribution is 0.399. The summed E-state index contributed by atoms with van der Waals surface area (Å²) >= 11 is 1.02. The summed E-state index contributed by atoms with van der Waals surface area (Å²) in [7, 11) is -2.06. The van der Waals surface area contributed by atoms with Crippen LogP contribution in [0.1, 0.15) is 18.5 Å². The molecule has 22 heavy (non-hydrogen) atoms. The van der Waals surface area contributed by atoms with E-state index in [4.69, 9.17) is 0 Å². The minimum absolute atomic E-state index is 0.198. The van der Waals surface area contributed by atoms with E-state index < -0.39 is 10.0 Å². The fourth-order valence-corrected chi connectivity index (χ4v) is 4.40. The third-order valence-corrected chi connectivity index (χ3v) is 6.24. The van der Waals surface area contributed by atoms with Crippen molar-refractivity contribution in [1.82, 2.24) is 13.1 Å². The van der Waals surface area contributed by atoms with Gasteiger partial charge in [-0.25, -0.2) is 8.42 Å². The molecule has 0 N–H and O–H groups in total. The van der Waals surface area contributed by atoms with Crippen LogP contribution in [0.4, 0.5) is 0 Å². The van der Waals surface area contributed by atoms with Gasteiger partial charge in [0.05, 0.1) is 11.7 Å². The van der Waals surface area contributed by atoms with Gasteiger partial charge in [-0.3, -0.25) is 0 Å². The molecule has 0 radical (unpaired) electrons. The van der Waals surface area contributed by atoms with Crippen molar-refractivity contribution in [1.29, 1.82) is 0 Å². The van der Waals surface area contributed by atoms with Gasteiger partial charge in [0.25, 0.3) is 0 Å². The third-order valence-electron chi connectivity index (χ3n) is 3.73. The topological polar surface area (TPSA) is 63.2 Å². The van der Waals surface area contributed by atoms with Crippen LogP contribution in [-0.2, 0) is 10.0 Å². The van der Waals surface area contributed by atoms with Crippen molar-refractivity contribution in [3.05, 3.63) is 54.1 Å². The molecule has 0 saturated carbocycles. The van der Waals surface area contributed by atoms with E-state index in [0.29, 0.717) is 11.0 Å². The van der Waals surface area contributed by atoms with Gasteiger partial charge < -0.3 is 0 Å². The summed E-state index contributed by atoms with van der Waals surface area (Å²) in [5, 5.41) is 0. The lowest BCUT2D eigenvalue weighted by atomic mass is 10.1. The number of hydrogen-bond donors (Lipinski definition) is 0. The van der Waals surface area contributed by atoms with Crippen molar-refractivity contribution in [3.8, 4) is 0 Å². The number of nitrogens with zero attached hydrogens (tertiary/aromatic N) is 3.